The molecule has 0 aliphatic heterocycles. The second-order valence-corrected chi connectivity index (χ2v) is 6.43. The number of aromatic carboxylic acids is 1. The zero-order chi connectivity index (χ0) is 25.3. The lowest BCUT2D eigenvalue weighted by Gasteiger charge is -2.15. The Balaban J connectivity index is 1.87. The first-order chi connectivity index (χ1) is 16.0. The molecule has 180 valence electrons. The summed E-state index contributed by atoms with van der Waals surface area (Å²) in [7, 11) is 0. The molecular weight excluding hydrogens is 487 g/mol. The van der Waals surface area contributed by atoms with Gasteiger partial charge in [-0.05, 0) is 24.3 Å². The van der Waals surface area contributed by atoms with E-state index in [1.54, 1.807) is 0 Å². The van der Waals surface area contributed by atoms with Crippen molar-refractivity contribution in [1.82, 2.24) is 0 Å². The Morgan fingerprint density at radius 1 is 0.588 bits per heavy atom. The summed E-state index contributed by atoms with van der Waals surface area (Å²) in [6.45, 7) is -1.19. The Morgan fingerprint density at radius 3 is 1.41 bits per heavy atom. The van der Waals surface area contributed by atoms with Gasteiger partial charge in [0.25, 0.3) is 0 Å². The van der Waals surface area contributed by atoms with Gasteiger partial charge in [-0.15, -0.1) is 0 Å². The SMILES string of the molecule is O=C(O)c1ccc(OCCOc2c(F)c(F)c(-c3c(F)c(F)c(F)c(F)c3F)c(F)c2F)cc1. The van der Waals surface area contributed by atoms with Crippen LogP contribution in [0.25, 0.3) is 11.1 Å². The number of carboxylic acids is 1. The number of benzene rings is 3. The molecule has 0 saturated heterocycles. The summed E-state index contributed by atoms with van der Waals surface area (Å²) in [5, 5.41) is 8.79. The van der Waals surface area contributed by atoms with E-state index in [2.05, 4.69) is 4.74 Å². The molecule has 0 aliphatic carbocycles. The highest BCUT2D eigenvalue weighted by atomic mass is 19.2. The normalized spacial score (nSPS) is 11.0. The second kappa shape index (κ2) is 9.53. The Kier molecular flexibility index (Phi) is 6.93. The van der Waals surface area contributed by atoms with E-state index in [-0.39, 0.29) is 11.3 Å². The third kappa shape index (κ3) is 4.32. The quantitative estimate of drug-likeness (QED) is 0.196. The van der Waals surface area contributed by atoms with E-state index in [4.69, 9.17) is 9.84 Å². The summed E-state index contributed by atoms with van der Waals surface area (Å²) < 4.78 is 135. The molecule has 4 nitrogen and oxygen atoms in total. The fourth-order valence-electron chi connectivity index (χ4n) is 2.78. The van der Waals surface area contributed by atoms with Gasteiger partial charge >= 0.3 is 5.97 Å². The van der Waals surface area contributed by atoms with E-state index in [9.17, 15) is 44.3 Å². The summed E-state index contributed by atoms with van der Waals surface area (Å²) in [6, 6.07) is 4.84. The molecule has 0 amide bonds. The number of rotatable bonds is 7. The van der Waals surface area contributed by atoms with Crippen LogP contribution in [0.1, 0.15) is 10.4 Å². The van der Waals surface area contributed by atoms with Gasteiger partial charge < -0.3 is 14.6 Å². The molecule has 0 atom stereocenters. The van der Waals surface area contributed by atoms with Gasteiger partial charge in [0.2, 0.25) is 17.5 Å². The van der Waals surface area contributed by atoms with Crippen molar-refractivity contribution in [1.29, 1.82) is 0 Å². The highest BCUT2D eigenvalue weighted by Gasteiger charge is 2.34. The molecule has 3 aromatic carbocycles. The molecule has 0 spiro atoms. The van der Waals surface area contributed by atoms with E-state index in [0.29, 0.717) is 0 Å². The molecule has 0 saturated carbocycles. The summed E-state index contributed by atoms with van der Waals surface area (Å²) in [5.41, 5.74) is -4.43. The maximum Gasteiger partial charge on any atom is 0.335 e. The van der Waals surface area contributed by atoms with Crippen molar-refractivity contribution in [2.24, 2.45) is 0 Å². The average Bonchev–Trinajstić information content (AvgIpc) is 2.82. The van der Waals surface area contributed by atoms with Crippen molar-refractivity contribution in [3.8, 4) is 22.6 Å². The van der Waals surface area contributed by atoms with Gasteiger partial charge in [-0.1, -0.05) is 0 Å². The van der Waals surface area contributed by atoms with Gasteiger partial charge in [0.05, 0.1) is 16.7 Å². The van der Waals surface area contributed by atoms with Crippen LogP contribution in [0.5, 0.6) is 11.5 Å². The Hall–Kier alpha value is -3.90. The maximum absolute atomic E-state index is 14.4. The third-order valence-electron chi connectivity index (χ3n) is 4.38. The monoisotopic (exact) mass is 496 g/mol. The summed E-state index contributed by atoms with van der Waals surface area (Å²) >= 11 is 0. The summed E-state index contributed by atoms with van der Waals surface area (Å²) in [4.78, 5) is 10.8. The molecule has 3 aromatic rings. The van der Waals surface area contributed by atoms with Gasteiger partial charge in [-0.25, -0.2) is 35.5 Å². The Morgan fingerprint density at radius 2 is 0.971 bits per heavy atom. The van der Waals surface area contributed by atoms with Crippen LogP contribution in [-0.2, 0) is 0 Å². The average molecular weight is 496 g/mol. The van der Waals surface area contributed by atoms with Crippen molar-refractivity contribution in [3.05, 3.63) is 82.2 Å². The van der Waals surface area contributed by atoms with Gasteiger partial charge in [0, 0.05) is 0 Å². The molecule has 1 N–H and O–H groups in total. The molecule has 0 unspecified atom stereocenters. The first-order valence-corrected chi connectivity index (χ1v) is 8.94. The lowest BCUT2D eigenvalue weighted by molar-refractivity contribution is 0.0696. The van der Waals surface area contributed by atoms with E-state index in [0.717, 1.165) is 0 Å². The van der Waals surface area contributed by atoms with Crippen molar-refractivity contribution >= 4 is 5.97 Å². The molecule has 0 radical (unpaired) electrons. The van der Waals surface area contributed by atoms with Crippen molar-refractivity contribution in [3.63, 3.8) is 0 Å². The molecule has 0 bridgehead atoms. The first kappa shape index (κ1) is 24.7. The molecular formula is C21H9F9O4. The van der Waals surface area contributed by atoms with E-state index >= 15 is 0 Å². The smallest absolute Gasteiger partial charge is 0.335 e. The fourth-order valence-corrected chi connectivity index (χ4v) is 2.78. The highest BCUT2D eigenvalue weighted by molar-refractivity contribution is 5.87. The van der Waals surface area contributed by atoms with Crippen molar-refractivity contribution < 1.29 is 58.9 Å². The Labute approximate surface area is 183 Å². The summed E-state index contributed by atoms with van der Waals surface area (Å²) in [6.07, 6.45) is 0. The van der Waals surface area contributed by atoms with Gasteiger partial charge in [0.15, 0.2) is 40.7 Å². The van der Waals surface area contributed by atoms with Crippen LogP contribution in [0, 0.1) is 52.4 Å². The molecule has 0 fully saturated rings. The van der Waals surface area contributed by atoms with Crippen molar-refractivity contribution in [2.45, 2.75) is 0 Å². The molecule has 0 heterocycles. The lowest BCUT2D eigenvalue weighted by atomic mass is 10.0. The highest BCUT2D eigenvalue weighted by Crippen LogP contribution is 2.39. The predicted octanol–water partition coefficient (Wildman–Crippen LogP) is 5.76. The number of halogens is 9. The van der Waals surface area contributed by atoms with Crippen LogP contribution < -0.4 is 9.47 Å². The van der Waals surface area contributed by atoms with Gasteiger partial charge in [0.1, 0.15) is 19.0 Å². The van der Waals surface area contributed by atoms with Crippen molar-refractivity contribution in [2.75, 3.05) is 13.2 Å². The largest absolute Gasteiger partial charge is 0.490 e. The van der Waals surface area contributed by atoms with Gasteiger partial charge in [-0.2, -0.15) is 8.78 Å². The van der Waals surface area contributed by atoms with Crippen LogP contribution in [0.15, 0.2) is 24.3 Å². The zero-order valence-corrected chi connectivity index (χ0v) is 16.3. The van der Waals surface area contributed by atoms with Crippen LogP contribution in [-0.4, -0.2) is 24.3 Å². The van der Waals surface area contributed by atoms with Crippen LogP contribution >= 0.6 is 0 Å². The maximum atomic E-state index is 14.4. The number of hydrogen-bond donors (Lipinski definition) is 1. The molecule has 3 rings (SSSR count). The van der Waals surface area contributed by atoms with E-state index in [1.165, 1.54) is 24.3 Å². The zero-order valence-electron chi connectivity index (χ0n) is 16.3. The number of hydrogen-bond acceptors (Lipinski definition) is 3. The second-order valence-electron chi connectivity index (χ2n) is 6.43. The Bertz CT molecular complexity index is 1220. The van der Waals surface area contributed by atoms with Crippen LogP contribution in [0.2, 0.25) is 0 Å². The number of carboxylic acid groups (broad SMARTS) is 1. The topological polar surface area (TPSA) is 55.8 Å². The first-order valence-electron chi connectivity index (χ1n) is 8.94. The van der Waals surface area contributed by atoms with Crippen LogP contribution in [0.4, 0.5) is 39.5 Å². The number of ether oxygens (including phenoxy) is 2. The minimum absolute atomic E-state index is 0.0624. The van der Waals surface area contributed by atoms with Crippen LogP contribution in [0.3, 0.4) is 0 Å². The minimum atomic E-state index is -2.66. The standard InChI is InChI=1S/C21H9F9O4/c22-11-9(12(23)16(27)17(28)15(11)26)10-13(24)18(29)20(19(30)14(10)25)34-6-5-33-8-3-1-7(2-4-8)21(31)32/h1-4H,5-6H2,(H,31,32). The third-order valence-corrected chi connectivity index (χ3v) is 4.38. The number of carbonyl (C=O) groups is 1. The predicted molar refractivity (Wildman–Crippen MR) is 95.9 cm³/mol. The summed E-state index contributed by atoms with van der Waals surface area (Å²) in [5.74, 6) is -25.5. The molecule has 13 heteroatoms. The lowest BCUT2D eigenvalue weighted by Crippen LogP contribution is -2.14. The minimum Gasteiger partial charge on any atom is -0.490 e. The molecule has 0 aromatic heterocycles. The van der Waals surface area contributed by atoms with E-state index in [1.807, 2.05) is 0 Å². The van der Waals surface area contributed by atoms with E-state index < -0.39 is 88.4 Å². The van der Waals surface area contributed by atoms with Gasteiger partial charge in [-0.3, -0.25) is 0 Å². The fraction of sp³-hybridized carbons (Fsp3) is 0.0952. The molecule has 34 heavy (non-hydrogen) atoms. The molecule has 0 aliphatic rings.